The molecule has 2 fully saturated rings. The molecule has 4 atom stereocenters. The molecule has 5 nitrogen and oxygen atoms in total. The summed E-state index contributed by atoms with van der Waals surface area (Å²) in [5.74, 6) is 0.614. The Hall–Kier alpha value is -2.89. The van der Waals surface area contributed by atoms with Crippen LogP contribution in [0, 0.1) is 15.4 Å². The highest BCUT2D eigenvalue weighted by Crippen LogP contribution is 2.44. The molecule has 0 aliphatic heterocycles. The number of pyridine rings is 1. The Bertz CT molecular complexity index is 1300. The first kappa shape index (κ1) is 27.7. The van der Waals surface area contributed by atoms with Crippen molar-refractivity contribution in [3.05, 3.63) is 93.3 Å². The third kappa shape index (κ3) is 6.15. The first-order chi connectivity index (χ1) is 18.6. The van der Waals surface area contributed by atoms with Gasteiger partial charge in [-0.2, -0.15) is 17.6 Å². The van der Waals surface area contributed by atoms with Crippen molar-refractivity contribution in [2.45, 2.75) is 56.2 Å². The Morgan fingerprint density at radius 3 is 2.49 bits per heavy atom. The van der Waals surface area contributed by atoms with Crippen LogP contribution in [0.15, 0.2) is 72.9 Å². The predicted octanol–water partition coefficient (Wildman–Crippen LogP) is 6.90. The molecule has 39 heavy (non-hydrogen) atoms. The monoisotopic (exact) mass is 653 g/mol. The van der Waals surface area contributed by atoms with Gasteiger partial charge >= 0.3 is 18.6 Å². The van der Waals surface area contributed by atoms with Crippen molar-refractivity contribution in [1.29, 1.82) is 0 Å². The third-order valence-corrected chi connectivity index (χ3v) is 8.33. The van der Waals surface area contributed by atoms with Crippen molar-refractivity contribution >= 4 is 28.6 Å². The number of halogens is 5. The van der Waals surface area contributed by atoms with E-state index in [4.69, 9.17) is 0 Å². The van der Waals surface area contributed by atoms with Crippen molar-refractivity contribution in [1.82, 2.24) is 15.6 Å². The van der Waals surface area contributed by atoms with Crippen LogP contribution in [0.2, 0.25) is 0 Å². The van der Waals surface area contributed by atoms with Crippen molar-refractivity contribution in [3.8, 4) is 5.75 Å². The molecule has 10 heteroatoms. The minimum Gasteiger partial charge on any atom is -0.428 e. The lowest BCUT2D eigenvalue weighted by molar-refractivity contribution is -0.253. The third-order valence-electron chi connectivity index (χ3n) is 7.69. The van der Waals surface area contributed by atoms with E-state index in [-0.39, 0.29) is 12.5 Å². The Morgan fingerprint density at radius 2 is 1.85 bits per heavy atom. The number of hydrogen-bond acceptors (Lipinski definition) is 3. The molecule has 2 aliphatic carbocycles. The molecule has 1 aromatic heterocycles. The Labute approximate surface area is 237 Å². The second-order valence-electron chi connectivity index (χ2n) is 10.3. The molecule has 0 radical (unpaired) electrons. The first-order valence-corrected chi connectivity index (χ1v) is 13.9. The summed E-state index contributed by atoms with van der Waals surface area (Å²) in [6, 6.07) is 18.2. The Kier molecular flexibility index (Phi) is 8.02. The Balaban J connectivity index is 1.57. The van der Waals surface area contributed by atoms with Crippen molar-refractivity contribution in [2.24, 2.45) is 11.8 Å². The van der Waals surface area contributed by atoms with Gasteiger partial charge in [0, 0.05) is 22.2 Å². The van der Waals surface area contributed by atoms with E-state index in [2.05, 4.69) is 42.9 Å². The summed E-state index contributed by atoms with van der Waals surface area (Å²) in [5.41, 5.74) is 0.355. The van der Waals surface area contributed by atoms with E-state index in [1.54, 1.807) is 18.3 Å². The predicted molar refractivity (Wildman–Crippen MR) is 147 cm³/mol. The molecule has 2 aliphatic rings. The fraction of sp³-hybridized carbons (Fsp3) is 0.379. The summed E-state index contributed by atoms with van der Waals surface area (Å²) in [6.07, 6.45) is -2.50. The minimum absolute atomic E-state index is 0.0576. The molecule has 2 amide bonds. The summed E-state index contributed by atoms with van der Waals surface area (Å²) < 4.78 is 58.7. The van der Waals surface area contributed by atoms with Gasteiger partial charge in [0.2, 0.25) is 0 Å². The number of nitrogens with one attached hydrogen (secondary N) is 2. The number of ether oxygens (including phenoxy) is 1. The molecule has 2 N–H and O–H groups in total. The van der Waals surface area contributed by atoms with Gasteiger partial charge in [0.15, 0.2) is 0 Å². The quantitative estimate of drug-likeness (QED) is 0.195. The van der Waals surface area contributed by atoms with Crippen LogP contribution in [0.5, 0.6) is 5.75 Å². The minimum atomic E-state index is -4.67. The van der Waals surface area contributed by atoms with E-state index >= 15 is 0 Å². The zero-order chi connectivity index (χ0) is 27.6. The molecule has 0 spiro atoms. The number of fused-ring (bicyclic) bond motifs is 2. The van der Waals surface area contributed by atoms with E-state index in [0.717, 1.165) is 28.4 Å². The number of carbonyl (C=O) groups is 1. The van der Waals surface area contributed by atoms with Crippen LogP contribution in [0.1, 0.15) is 42.5 Å². The van der Waals surface area contributed by atoms with Crippen LogP contribution >= 0.6 is 22.6 Å². The summed E-state index contributed by atoms with van der Waals surface area (Å²) in [7, 11) is 0. The van der Waals surface area contributed by atoms with Crippen LogP contribution in [-0.2, 0) is 12.0 Å². The average Bonchev–Trinajstić information content (AvgIpc) is 3.52. The van der Waals surface area contributed by atoms with E-state index in [0.29, 0.717) is 23.1 Å². The second-order valence-corrected chi connectivity index (χ2v) is 11.5. The van der Waals surface area contributed by atoms with Gasteiger partial charge in [0.25, 0.3) is 0 Å². The van der Waals surface area contributed by atoms with Gasteiger partial charge in [-0.25, -0.2) is 4.79 Å². The summed E-state index contributed by atoms with van der Waals surface area (Å²) in [5, 5.41) is 6.26. The van der Waals surface area contributed by atoms with Gasteiger partial charge in [-0.1, -0.05) is 48.9 Å². The maximum Gasteiger partial charge on any atom is 0.461 e. The van der Waals surface area contributed by atoms with E-state index in [1.807, 2.05) is 36.4 Å². The normalized spacial score (nSPS) is 21.9. The standard InChI is InChI=1S/C29H28F4IN3O2/c30-26(31)29(32,33)39-23-8-4-7-21(15-23)28(16-18-5-2-1-3-6-18,25-12-11-22(34)17-35-25)37-27(38)36-24-14-19-9-10-20(24)13-19/h1-8,11-12,15,17,19-20,24,26H,9-10,13-14,16H2,(H2,36,37,38)/t19-,20+,24-,28-/m1/s1. The van der Waals surface area contributed by atoms with Crippen LogP contribution in [0.25, 0.3) is 0 Å². The largest absolute Gasteiger partial charge is 0.461 e. The zero-order valence-corrected chi connectivity index (χ0v) is 23.1. The second kappa shape index (κ2) is 11.3. The Morgan fingerprint density at radius 1 is 1.05 bits per heavy atom. The molecule has 0 unspecified atom stereocenters. The number of nitrogens with zero attached hydrogens (tertiary/aromatic N) is 1. The fourth-order valence-corrected chi connectivity index (χ4v) is 6.22. The zero-order valence-electron chi connectivity index (χ0n) is 20.9. The lowest BCUT2D eigenvalue weighted by Crippen LogP contribution is -2.55. The topological polar surface area (TPSA) is 63.2 Å². The van der Waals surface area contributed by atoms with Gasteiger partial charge in [0.05, 0.1) is 5.69 Å². The molecule has 2 bridgehead atoms. The smallest absolute Gasteiger partial charge is 0.428 e. The number of hydrogen-bond donors (Lipinski definition) is 2. The summed E-state index contributed by atoms with van der Waals surface area (Å²) in [4.78, 5) is 18.2. The first-order valence-electron chi connectivity index (χ1n) is 12.8. The summed E-state index contributed by atoms with van der Waals surface area (Å²) >= 11 is 2.12. The number of alkyl halides is 4. The number of amides is 2. The van der Waals surface area contributed by atoms with E-state index < -0.39 is 29.9 Å². The maximum absolute atomic E-state index is 13.8. The average molecular weight is 653 g/mol. The number of aromatic nitrogens is 1. The molecule has 2 aromatic carbocycles. The maximum atomic E-state index is 13.8. The number of carbonyl (C=O) groups excluding carboxylic acids is 1. The number of urea groups is 1. The lowest BCUT2D eigenvalue weighted by Gasteiger charge is -2.36. The van der Waals surface area contributed by atoms with E-state index in [9.17, 15) is 22.4 Å². The highest BCUT2D eigenvalue weighted by atomic mass is 127. The molecule has 3 aromatic rings. The molecular weight excluding hydrogens is 625 g/mol. The van der Waals surface area contributed by atoms with Gasteiger partial charge in [-0.3, -0.25) is 4.98 Å². The molecule has 2 saturated carbocycles. The van der Waals surface area contributed by atoms with Crippen molar-refractivity contribution < 1.29 is 27.1 Å². The molecule has 0 saturated heterocycles. The highest BCUT2D eigenvalue weighted by molar-refractivity contribution is 14.1. The van der Waals surface area contributed by atoms with E-state index in [1.165, 1.54) is 24.6 Å². The van der Waals surface area contributed by atoms with Gasteiger partial charge in [-0.05, 0) is 89.1 Å². The summed E-state index contributed by atoms with van der Waals surface area (Å²) in [6.45, 7) is 0. The molecule has 5 rings (SSSR count). The molecule has 1 heterocycles. The van der Waals surface area contributed by atoms with Crippen LogP contribution < -0.4 is 15.4 Å². The highest BCUT2D eigenvalue weighted by Gasteiger charge is 2.45. The molecular formula is C29H28F4IN3O2. The number of rotatable bonds is 9. The fourth-order valence-electron chi connectivity index (χ4n) is 5.90. The SMILES string of the molecule is O=C(N[C@@H]1C[C@@H]2CC[C@H]1C2)N[C@](Cc1ccccc1)(c1cccc(OC(F)(F)C(F)F)c1)c1ccc(I)cn1. The van der Waals surface area contributed by atoms with Crippen molar-refractivity contribution in [2.75, 3.05) is 0 Å². The van der Waals surface area contributed by atoms with Gasteiger partial charge in [-0.15, -0.1) is 0 Å². The van der Waals surface area contributed by atoms with Gasteiger partial charge in [0.1, 0.15) is 11.3 Å². The van der Waals surface area contributed by atoms with Crippen LogP contribution in [-0.4, -0.2) is 29.6 Å². The van der Waals surface area contributed by atoms with Crippen LogP contribution in [0.4, 0.5) is 22.4 Å². The van der Waals surface area contributed by atoms with Gasteiger partial charge < -0.3 is 15.4 Å². The lowest BCUT2D eigenvalue weighted by atomic mass is 9.80. The number of benzene rings is 2. The molecule has 206 valence electrons. The van der Waals surface area contributed by atoms with Crippen LogP contribution in [0.3, 0.4) is 0 Å². The van der Waals surface area contributed by atoms with Crippen molar-refractivity contribution in [3.63, 3.8) is 0 Å².